The van der Waals surface area contributed by atoms with Gasteiger partial charge in [0.15, 0.2) is 0 Å². The maximum Gasteiger partial charge on any atom is 0.255 e. The Labute approximate surface area is 154 Å². The molecular weight excluding hydrogens is 334 g/mol. The first-order chi connectivity index (χ1) is 12.6. The molecule has 0 aliphatic rings. The summed E-state index contributed by atoms with van der Waals surface area (Å²) < 4.78 is 21.6. The number of nitrogens with one attached hydrogen (secondary N) is 1. The number of rotatable bonds is 9. The Balaban J connectivity index is 2.23. The van der Waals surface area contributed by atoms with E-state index in [1.165, 1.54) is 0 Å². The Morgan fingerprint density at radius 2 is 1.77 bits per heavy atom. The van der Waals surface area contributed by atoms with Crippen molar-refractivity contribution >= 4 is 11.6 Å². The highest BCUT2D eigenvalue weighted by molar-refractivity contribution is 6.05. The number of benzene rings is 2. The first-order valence-corrected chi connectivity index (χ1v) is 8.49. The summed E-state index contributed by atoms with van der Waals surface area (Å²) in [5.74, 6) is 1.66. The van der Waals surface area contributed by atoms with Crippen LogP contribution in [0.5, 0.6) is 17.2 Å². The monoisotopic (exact) mass is 359 g/mol. The molecule has 0 heterocycles. The van der Waals surface area contributed by atoms with Gasteiger partial charge >= 0.3 is 0 Å². The van der Waals surface area contributed by atoms with Crippen molar-refractivity contribution in [2.24, 2.45) is 0 Å². The number of carbonyl (C=O) groups is 1. The van der Waals surface area contributed by atoms with Crippen molar-refractivity contribution in [1.82, 2.24) is 0 Å². The van der Waals surface area contributed by atoms with E-state index in [0.717, 1.165) is 11.3 Å². The lowest BCUT2D eigenvalue weighted by molar-refractivity contribution is 0.102. The molecule has 0 fully saturated rings. The van der Waals surface area contributed by atoms with Gasteiger partial charge in [-0.25, -0.2) is 0 Å². The predicted molar refractivity (Wildman–Crippen MR) is 100 cm³/mol. The Bertz CT molecular complexity index is 745. The fourth-order valence-corrected chi connectivity index (χ4v) is 2.44. The highest BCUT2D eigenvalue weighted by Gasteiger charge is 2.13. The number of amides is 1. The van der Waals surface area contributed by atoms with Gasteiger partial charge in [-0.05, 0) is 44.2 Å². The third-order valence-corrected chi connectivity index (χ3v) is 3.74. The van der Waals surface area contributed by atoms with E-state index in [2.05, 4.69) is 5.32 Å². The van der Waals surface area contributed by atoms with Crippen molar-refractivity contribution in [3.8, 4) is 17.2 Å². The molecule has 1 N–H and O–H groups in total. The molecule has 140 valence electrons. The Kier molecular flexibility index (Phi) is 7.29. The van der Waals surface area contributed by atoms with Crippen LogP contribution in [-0.4, -0.2) is 33.3 Å². The minimum absolute atomic E-state index is 0.241. The number of methoxy groups -OCH3 is 2. The lowest BCUT2D eigenvalue weighted by Crippen LogP contribution is -2.13. The van der Waals surface area contributed by atoms with Crippen molar-refractivity contribution in [3.63, 3.8) is 0 Å². The third-order valence-electron chi connectivity index (χ3n) is 3.74. The largest absolute Gasteiger partial charge is 0.497 e. The number of hydrogen-bond acceptors (Lipinski definition) is 5. The summed E-state index contributed by atoms with van der Waals surface area (Å²) in [6, 6.07) is 10.5. The molecule has 0 spiro atoms. The molecule has 0 aliphatic carbocycles. The lowest BCUT2D eigenvalue weighted by atomic mass is 10.1. The fourth-order valence-electron chi connectivity index (χ4n) is 2.44. The van der Waals surface area contributed by atoms with Gasteiger partial charge in [0.2, 0.25) is 0 Å². The fraction of sp³-hybridized carbons (Fsp3) is 0.350. The predicted octanol–water partition coefficient (Wildman–Crippen LogP) is 3.89. The number of carbonyl (C=O) groups excluding carboxylic acids is 1. The van der Waals surface area contributed by atoms with Crippen LogP contribution in [0, 0.1) is 0 Å². The van der Waals surface area contributed by atoms with Gasteiger partial charge in [-0.2, -0.15) is 0 Å². The van der Waals surface area contributed by atoms with E-state index in [9.17, 15) is 4.79 Å². The van der Waals surface area contributed by atoms with E-state index in [1.807, 2.05) is 13.8 Å². The first-order valence-electron chi connectivity index (χ1n) is 8.49. The van der Waals surface area contributed by atoms with Gasteiger partial charge in [0.05, 0.1) is 33.1 Å². The molecule has 0 saturated heterocycles. The van der Waals surface area contributed by atoms with Gasteiger partial charge < -0.3 is 24.3 Å². The molecule has 1 amide bonds. The molecule has 6 heteroatoms. The SMILES string of the molecule is CCOCc1cc(C(=O)Nc2ccc(OC)cc2OC)ccc1OCC. The zero-order chi connectivity index (χ0) is 18.9. The van der Waals surface area contributed by atoms with Crippen LogP contribution in [0.15, 0.2) is 36.4 Å². The Morgan fingerprint density at radius 3 is 2.42 bits per heavy atom. The van der Waals surface area contributed by atoms with E-state index < -0.39 is 0 Å². The highest BCUT2D eigenvalue weighted by atomic mass is 16.5. The smallest absolute Gasteiger partial charge is 0.255 e. The third kappa shape index (κ3) is 4.89. The van der Waals surface area contributed by atoms with Gasteiger partial charge in [-0.1, -0.05) is 0 Å². The van der Waals surface area contributed by atoms with Crippen LogP contribution >= 0.6 is 0 Å². The van der Waals surface area contributed by atoms with Crippen LogP contribution in [0.25, 0.3) is 0 Å². The van der Waals surface area contributed by atoms with Crippen LogP contribution in [0.4, 0.5) is 5.69 Å². The summed E-state index contributed by atoms with van der Waals surface area (Å²) >= 11 is 0. The average molecular weight is 359 g/mol. The van der Waals surface area contributed by atoms with E-state index in [-0.39, 0.29) is 5.91 Å². The molecule has 0 bridgehead atoms. The molecule has 0 atom stereocenters. The topological polar surface area (TPSA) is 66.0 Å². The zero-order valence-electron chi connectivity index (χ0n) is 15.6. The molecule has 2 rings (SSSR count). The van der Waals surface area contributed by atoms with Gasteiger partial charge in [0.1, 0.15) is 17.2 Å². The van der Waals surface area contributed by atoms with Crippen molar-refractivity contribution in [1.29, 1.82) is 0 Å². The second kappa shape index (κ2) is 9.68. The molecule has 0 saturated carbocycles. The summed E-state index contributed by atoms with van der Waals surface area (Å²) in [4.78, 5) is 12.7. The molecular formula is C20H25NO5. The van der Waals surface area contributed by atoms with Crippen LogP contribution < -0.4 is 19.5 Å². The van der Waals surface area contributed by atoms with E-state index in [4.69, 9.17) is 18.9 Å². The van der Waals surface area contributed by atoms with Crippen LogP contribution in [0.3, 0.4) is 0 Å². The summed E-state index contributed by atoms with van der Waals surface area (Å²) in [5.41, 5.74) is 1.92. The van der Waals surface area contributed by atoms with E-state index in [1.54, 1.807) is 50.6 Å². The van der Waals surface area contributed by atoms with Crippen molar-refractivity contribution in [2.45, 2.75) is 20.5 Å². The second-order valence-corrected chi connectivity index (χ2v) is 5.41. The van der Waals surface area contributed by atoms with Gasteiger partial charge in [-0.15, -0.1) is 0 Å². The van der Waals surface area contributed by atoms with Gasteiger partial charge in [0.25, 0.3) is 5.91 Å². The van der Waals surface area contributed by atoms with E-state index >= 15 is 0 Å². The van der Waals surface area contributed by atoms with Crippen molar-refractivity contribution in [3.05, 3.63) is 47.5 Å². The minimum atomic E-state index is -0.241. The normalized spacial score (nSPS) is 10.3. The molecule has 2 aromatic carbocycles. The van der Waals surface area contributed by atoms with Gasteiger partial charge in [-0.3, -0.25) is 4.79 Å². The van der Waals surface area contributed by atoms with Gasteiger partial charge in [0, 0.05) is 23.8 Å². The molecule has 2 aromatic rings. The molecule has 6 nitrogen and oxygen atoms in total. The Morgan fingerprint density at radius 1 is 0.962 bits per heavy atom. The maximum atomic E-state index is 12.7. The van der Waals surface area contributed by atoms with Crippen molar-refractivity contribution < 1.29 is 23.7 Å². The quantitative estimate of drug-likeness (QED) is 0.736. The van der Waals surface area contributed by atoms with Crippen LogP contribution in [0.2, 0.25) is 0 Å². The summed E-state index contributed by atoms with van der Waals surface area (Å²) in [5, 5.41) is 2.86. The lowest BCUT2D eigenvalue weighted by Gasteiger charge is -2.14. The van der Waals surface area contributed by atoms with Crippen molar-refractivity contribution in [2.75, 3.05) is 32.8 Å². The summed E-state index contributed by atoms with van der Waals surface area (Å²) in [7, 11) is 3.12. The number of anilines is 1. The van der Waals surface area contributed by atoms with E-state index in [0.29, 0.717) is 42.6 Å². The summed E-state index contributed by atoms with van der Waals surface area (Å²) in [6.45, 7) is 5.37. The maximum absolute atomic E-state index is 12.7. The highest BCUT2D eigenvalue weighted by Crippen LogP contribution is 2.30. The molecule has 0 aromatic heterocycles. The van der Waals surface area contributed by atoms with Crippen LogP contribution in [-0.2, 0) is 11.3 Å². The standard InChI is InChI=1S/C20H25NO5/c1-5-25-13-15-11-14(7-10-18(15)26-6-2)20(22)21-17-9-8-16(23-3)12-19(17)24-4/h7-12H,5-6,13H2,1-4H3,(H,21,22). The second-order valence-electron chi connectivity index (χ2n) is 5.41. The Hall–Kier alpha value is -2.73. The number of ether oxygens (including phenoxy) is 4. The molecule has 0 radical (unpaired) electrons. The average Bonchev–Trinajstić information content (AvgIpc) is 2.67. The number of hydrogen-bond donors (Lipinski definition) is 1. The van der Waals surface area contributed by atoms with Crippen LogP contribution in [0.1, 0.15) is 29.8 Å². The molecule has 26 heavy (non-hydrogen) atoms. The molecule has 0 unspecified atom stereocenters. The molecule has 0 aliphatic heterocycles. The minimum Gasteiger partial charge on any atom is -0.497 e. The first kappa shape index (κ1) is 19.6. The summed E-state index contributed by atoms with van der Waals surface area (Å²) in [6.07, 6.45) is 0. The zero-order valence-corrected chi connectivity index (χ0v) is 15.6.